The van der Waals surface area contributed by atoms with Crippen molar-refractivity contribution in [1.82, 2.24) is 14.7 Å². The first-order chi connectivity index (χ1) is 16.8. The van der Waals surface area contributed by atoms with E-state index in [0.29, 0.717) is 40.5 Å². The molecule has 0 spiro atoms. The van der Waals surface area contributed by atoms with E-state index in [1.54, 1.807) is 11.0 Å². The third-order valence-electron chi connectivity index (χ3n) is 6.62. The summed E-state index contributed by atoms with van der Waals surface area (Å²) >= 11 is 6.49. The summed E-state index contributed by atoms with van der Waals surface area (Å²) in [5.74, 6) is -1.56. The summed E-state index contributed by atoms with van der Waals surface area (Å²) in [5, 5.41) is 4.90. The van der Waals surface area contributed by atoms with Crippen LogP contribution in [0.25, 0.3) is 11.3 Å². The molecule has 1 aliphatic carbocycles. The third-order valence-corrected chi connectivity index (χ3v) is 6.94. The van der Waals surface area contributed by atoms with Gasteiger partial charge < -0.3 is 9.64 Å². The SMILES string of the molecule is COC(=O)c1ccc(-c2nn(C(=O)c3c(Cl)cccc3C3CC3)c3c2CCN(C(C)=O)C3)c(F)c1. The summed E-state index contributed by atoms with van der Waals surface area (Å²) in [6.45, 7) is 2.07. The van der Waals surface area contributed by atoms with Crippen molar-refractivity contribution in [3.05, 3.63) is 75.2 Å². The quantitative estimate of drug-likeness (QED) is 0.494. The summed E-state index contributed by atoms with van der Waals surface area (Å²) in [6.07, 6.45) is 2.38. The van der Waals surface area contributed by atoms with Gasteiger partial charge in [0.1, 0.15) is 5.82 Å². The van der Waals surface area contributed by atoms with Crippen LogP contribution in [0, 0.1) is 5.82 Å². The highest BCUT2D eigenvalue weighted by molar-refractivity contribution is 6.34. The maximum absolute atomic E-state index is 15.2. The molecule has 1 aromatic heterocycles. The fourth-order valence-corrected chi connectivity index (χ4v) is 4.89. The van der Waals surface area contributed by atoms with E-state index in [9.17, 15) is 14.4 Å². The first-order valence-electron chi connectivity index (χ1n) is 11.4. The number of ether oxygens (including phenoxy) is 1. The Morgan fingerprint density at radius 2 is 1.94 bits per heavy atom. The van der Waals surface area contributed by atoms with Gasteiger partial charge in [0.2, 0.25) is 5.91 Å². The molecule has 5 rings (SSSR count). The molecule has 180 valence electrons. The molecule has 1 amide bonds. The van der Waals surface area contributed by atoms with Crippen LogP contribution < -0.4 is 0 Å². The van der Waals surface area contributed by atoms with Crippen LogP contribution in [0.4, 0.5) is 4.39 Å². The van der Waals surface area contributed by atoms with Crippen molar-refractivity contribution in [3.8, 4) is 11.3 Å². The highest BCUT2D eigenvalue weighted by Gasteiger charge is 2.34. The Labute approximate surface area is 206 Å². The molecule has 0 N–H and O–H groups in total. The average Bonchev–Trinajstić information content (AvgIpc) is 3.63. The molecule has 2 aromatic carbocycles. The van der Waals surface area contributed by atoms with Gasteiger partial charge in [-0.15, -0.1) is 0 Å². The van der Waals surface area contributed by atoms with Crippen molar-refractivity contribution in [2.75, 3.05) is 13.7 Å². The minimum atomic E-state index is -0.654. The molecule has 2 heterocycles. The maximum Gasteiger partial charge on any atom is 0.337 e. The highest BCUT2D eigenvalue weighted by atomic mass is 35.5. The first kappa shape index (κ1) is 23.2. The molecule has 1 saturated carbocycles. The Bertz CT molecular complexity index is 1380. The zero-order valence-electron chi connectivity index (χ0n) is 19.3. The predicted molar refractivity (Wildman–Crippen MR) is 127 cm³/mol. The summed E-state index contributed by atoms with van der Waals surface area (Å²) in [4.78, 5) is 39.4. The van der Waals surface area contributed by atoms with Gasteiger partial charge in [-0.2, -0.15) is 9.78 Å². The third kappa shape index (κ3) is 4.12. The molecule has 9 heteroatoms. The lowest BCUT2D eigenvalue weighted by atomic mass is 9.98. The molecule has 0 radical (unpaired) electrons. The number of rotatable bonds is 4. The molecular weight excluding hydrogens is 473 g/mol. The molecule has 2 aliphatic rings. The second-order valence-electron chi connectivity index (χ2n) is 8.85. The van der Waals surface area contributed by atoms with Crippen LogP contribution in [0.15, 0.2) is 36.4 Å². The van der Waals surface area contributed by atoms with Crippen LogP contribution in [0.3, 0.4) is 0 Å². The second kappa shape index (κ2) is 8.92. The number of fused-ring (bicyclic) bond motifs is 1. The normalized spacial score (nSPS) is 15.0. The summed E-state index contributed by atoms with van der Waals surface area (Å²) < 4.78 is 21.1. The number of amides is 1. The lowest BCUT2D eigenvalue weighted by Crippen LogP contribution is -2.36. The van der Waals surface area contributed by atoms with Gasteiger partial charge >= 0.3 is 5.97 Å². The van der Waals surface area contributed by atoms with E-state index in [2.05, 4.69) is 9.84 Å². The smallest absolute Gasteiger partial charge is 0.337 e. The highest BCUT2D eigenvalue weighted by Crippen LogP contribution is 2.43. The van der Waals surface area contributed by atoms with E-state index in [1.807, 2.05) is 12.1 Å². The lowest BCUT2D eigenvalue weighted by Gasteiger charge is -2.26. The average molecular weight is 496 g/mol. The van der Waals surface area contributed by atoms with E-state index < -0.39 is 17.7 Å². The minimum Gasteiger partial charge on any atom is -0.465 e. The van der Waals surface area contributed by atoms with Crippen LogP contribution >= 0.6 is 11.6 Å². The number of halogens is 2. The van der Waals surface area contributed by atoms with Crippen LogP contribution in [-0.4, -0.2) is 46.1 Å². The Hall–Kier alpha value is -3.52. The number of aromatic nitrogens is 2. The van der Waals surface area contributed by atoms with Crippen LogP contribution in [0.1, 0.15) is 63.2 Å². The topological polar surface area (TPSA) is 81.5 Å². The maximum atomic E-state index is 15.2. The number of carbonyl (C=O) groups is 3. The van der Waals surface area contributed by atoms with E-state index in [-0.39, 0.29) is 29.5 Å². The number of esters is 1. The Balaban J connectivity index is 1.66. The predicted octanol–water partition coefficient (Wildman–Crippen LogP) is 4.60. The van der Waals surface area contributed by atoms with E-state index >= 15 is 4.39 Å². The Kier molecular flexibility index (Phi) is 5.92. The van der Waals surface area contributed by atoms with Crippen molar-refractivity contribution in [1.29, 1.82) is 0 Å². The molecule has 0 atom stereocenters. The largest absolute Gasteiger partial charge is 0.465 e. The Morgan fingerprint density at radius 3 is 2.60 bits per heavy atom. The molecule has 35 heavy (non-hydrogen) atoms. The van der Waals surface area contributed by atoms with Crippen molar-refractivity contribution in [2.24, 2.45) is 0 Å². The number of hydrogen-bond acceptors (Lipinski definition) is 5. The number of methoxy groups -OCH3 is 1. The minimum absolute atomic E-state index is 0.0750. The van der Waals surface area contributed by atoms with Gasteiger partial charge in [-0.05, 0) is 55.0 Å². The van der Waals surface area contributed by atoms with Gasteiger partial charge in [0, 0.05) is 24.6 Å². The van der Waals surface area contributed by atoms with E-state index in [1.165, 1.54) is 30.8 Å². The zero-order valence-corrected chi connectivity index (χ0v) is 20.1. The van der Waals surface area contributed by atoms with Crippen molar-refractivity contribution in [3.63, 3.8) is 0 Å². The summed E-state index contributed by atoms with van der Waals surface area (Å²) in [7, 11) is 1.23. The van der Waals surface area contributed by atoms with Crippen molar-refractivity contribution in [2.45, 2.75) is 38.6 Å². The van der Waals surface area contributed by atoms with Crippen LogP contribution in [0.5, 0.6) is 0 Å². The molecule has 1 aliphatic heterocycles. The lowest BCUT2D eigenvalue weighted by molar-refractivity contribution is -0.129. The van der Waals surface area contributed by atoms with Crippen LogP contribution in [0.2, 0.25) is 5.02 Å². The number of hydrogen-bond donors (Lipinski definition) is 0. The second-order valence-corrected chi connectivity index (χ2v) is 9.25. The monoisotopic (exact) mass is 495 g/mol. The van der Waals surface area contributed by atoms with E-state index in [4.69, 9.17) is 11.6 Å². The first-order valence-corrected chi connectivity index (χ1v) is 11.8. The summed E-state index contributed by atoms with van der Waals surface area (Å²) in [6, 6.07) is 9.42. The fraction of sp³-hybridized carbons (Fsp3) is 0.308. The summed E-state index contributed by atoms with van der Waals surface area (Å²) in [5.41, 5.74) is 3.04. The zero-order chi connectivity index (χ0) is 24.9. The molecule has 0 saturated heterocycles. The van der Waals surface area contributed by atoms with Gasteiger partial charge in [0.25, 0.3) is 5.91 Å². The van der Waals surface area contributed by atoms with Gasteiger partial charge in [-0.25, -0.2) is 9.18 Å². The fourth-order valence-electron chi connectivity index (χ4n) is 4.63. The number of carbonyl (C=O) groups excluding carboxylic acids is 3. The standard InChI is InChI=1S/C26H23ClFN3O4/c1-14(32)30-11-10-19-22(13-30)31(25(33)23-17(15-6-7-15)4-3-5-20(23)27)29-24(19)18-9-8-16(12-21(18)28)26(34)35-2/h3-5,8-9,12,15H,6-7,10-11,13H2,1-2H3. The molecule has 3 aromatic rings. The Morgan fingerprint density at radius 1 is 1.17 bits per heavy atom. The molecular formula is C26H23ClFN3O4. The van der Waals surface area contributed by atoms with Gasteiger partial charge in [-0.1, -0.05) is 23.7 Å². The number of benzene rings is 2. The van der Waals surface area contributed by atoms with E-state index in [0.717, 1.165) is 24.5 Å². The van der Waals surface area contributed by atoms with Gasteiger partial charge in [0.05, 0.1) is 41.2 Å². The molecule has 7 nitrogen and oxygen atoms in total. The van der Waals surface area contributed by atoms with Crippen molar-refractivity contribution < 1.29 is 23.5 Å². The molecule has 0 unspecified atom stereocenters. The molecule has 0 bridgehead atoms. The van der Waals surface area contributed by atoms with Crippen molar-refractivity contribution >= 4 is 29.4 Å². The van der Waals surface area contributed by atoms with Gasteiger partial charge in [-0.3, -0.25) is 9.59 Å². The van der Waals surface area contributed by atoms with Gasteiger partial charge in [0.15, 0.2) is 0 Å². The number of nitrogens with zero attached hydrogens (tertiary/aromatic N) is 3. The molecule has 1 fully saturated rings. The van der Waals surface area contributed by atoms with Crippen LogP contribution in [-0.2, 0) is 22.5 Å².